The van der Waals surface area contributed by atoms with Crippen LogP contribution in [0.25, 0.3) is 16.9 Å². The molecule has 0 aliphatic rings. The van der Waals surface area contributed by atoms with Crippen molar-refractivity contribution in [2.24, 2.45) is 0 Å². The number of hydrogen-bond acceptors (Lipinski definition) is 5. The number of pyridine rings is 1. The third-order valence-electron chi connectivity index (χ3n) is 4.16. The molecule has 0 spiro atoms. The van der Waals surface area contributed by atoms with Crippen molar-refractivity contribution in [2.75, 3.05) is 5.32 Å². The number of hydrogen-bond donors (Lipinski definition) is 1. The van der Waals surface area contributed by atoms with Gasteiger partial charge in [-0.1, -0.05) is 23.7 Å². The molecule has 3 heterocycles. The Morgan fingerprint density at radius 1 is 1.04 bits per heavy atom. The Balaban J connectivity index is 1.37. The molecule has 0 saturated heterocycles. The van der Waals surface area contributed by atoms with Gasteiger partial charge in [-0.25, -0.2) is 9.97 Å². The van der Waals surface area contributed by atoms with Crippen LogP contribution in [0.2, 0.25) is 4.34 Å². The fraction of sp³-hybridized carbons (Fsp3) is 0.100. The lowest BCUT2D eigenvalue weighted by molar-refractivity contribution is -0.116. The Kier molecular flexibility index (Phi) is 5.18. The van der Waals surface area contributed by atoms with E-state index in [0.717, 1.165) is 11.0 Å². The minimum atomic E-state index is -0.237. The molecular formula is C20H15ClN4O2S. The first-order valence-electron chi connectivity index (χ1n) is 8.57. The highest BCUT2D eigenvalue weighted by atomic mass is 35.5. The average molecular weight is 411 g/mol. The third kappa shape index (κ3) is 3.95. The number of aromatic nitrogens is 3. The van der Waals surface area contributed by atoms with Crippen molar-refractivity contribution in [3.8, 4) is 5.82 Å². The molecule has 1 amide bonds. The molecule has 140 valence electrons. The maximum absolute atomic E-state index is 12.1. The van der Waals surface area contributed by atoms with Crippen LogP contribution in [0, 0.1) is 0 Å². The molecule has 0 aliphatic carbocycles. The van der Waals surface area contributed by atoms with Gasteiger partial charge in [-0.15, -0.1) is 11.3 Å². The number of rotatable bonds is 6. The molecule has 0 atom stereocenters. The van der Waals surface area contributed by atoms with Crippen LogP contribution in [0.15, 0.2) is 61.1 Å². The van der Waals surface area contributed by atoms with E-state index in [1.165, 1.54) is 11.3 Å². The smallest absolute Gasteiger partial charge is 0.224 e. The lowest BCUT2D eigenvalue weighted by Gasteiger charge is -2.07. The van der Waals surface area contributed by atoms with Gasteiger partial charge in [0.05, 0.1) is 32.1 Å². The number of para-hydroxylation sites is 2. The number of Topliss-reactive ketones (excluding diaryl/α,β-unsaturated/α-hetero) is 1. The van der Waals surface area contributed by atoms with E-state index < -0.39 is 0 Å². The predicted molar refractivity (Wildman–Crippen MR) is 110 cm³/mol. The Morgan fingerprint density at radius 2 is 1.89 bits per heavy atom. The molecule has 0 unspecified atom stereocenters. The number of halogens is 1. The molecule has 0 bridgehead atoms. The van der Waals surface area contributed by atoms with Gasteiger partial charge in [-0.05, 0) is 36.4 Å². The molecule has 0 aliphatic heterocycles. The third-order valence-corrected chi connectivity index (χ3v) is 5.43. The van der Waals surface area contributed by atoms with Crippen LogP contribution in [-0.2, 0) is 4.79 Å². The van der Waals surface area contributed by atoms with Crippen molar-refractivity contribution < 1.29 is 9.59 Å². The lowest BCUT2D eigenvalue weighted by atomic mass is 10.2. The van der Waals surface area contributed by atoms with Gasteiger partial charge >= 0.3 is 0 Å². The summed E-state index contributed by atoms with van der Waals surface area (Å²) < 4.78 is 2.44. The number of thiophene rings is 1. The molecule has 3 aromatic heterocycles. The van der Waals surface area contributed by atoms with E-state index in [1.807, 2.05) is 34.9 Å². The van der Waals surface area contributed by atoms with Gasteiger partial charge in [0.2, 0.25) is 5.91 Å². The molecule has 1 N–H and O–H groups in total. The summed E-state index contributed by atoms with van der Waals surface area (Å²) in [5.41, 5.74) is 2.42. The zero-order chi connectivity index (χ0) is 19.5. The summed E-state index contributed by atoms with van der Waals surface area (Å²) in [4.78, 5) is 33.5. The van der Waals surface area contributed by atoms with Crippen LogP contribution < -0.4 is 5.32 Å². The quantitative estimate of drug-likeness (QED) is 0.466. The number of carbonyl (C=O) groups is 2. The normalized spacial score (nSPS) is 10.9. The Morgan fingerprint density at radius 3 is 2.64 bits per heavy atom. The number of nitrogens with one attached hydrogen (secondary N) is 1. The topological polar surface area (TPSA) is 76.9 Å². The van der Waals surface area contributed by atoms with E-state index >= 15 is 0 Å². The summed E-state index contributed by atoms with van der Waals surface area (Å²) in [7, 11) is 0. The second-order valence-corrected chi connectivity index (χ2v) is 7.80. The first-order valence-corrected chi connectivity index (χ1v) is 9.76. The molecule has 6 nitrogen and oxygen atoms in total. The predicted octanol–water partition coefficient (Wildman–Crippen LogP) is 4.74. The van der Waals surface area contributed by atoms with E-state index in [9.17, 15) is 9.59 Å². The van der Waals surface area contributed by atoms with Gasteiger partial charge in [0, 0.05) is 12.8 Å². The highest BCUT2D eigenvalue weighted by molar-refractivity contribution is 7.18. The highest BCUT2D eigenvalue weighted by Gasteiger charge is 2.12. The van der Waals surface area contributed by atoms with Gasteiger partial charge in [0.1, 0.15) is 12.1 Å². The molecule has 0 radical (unpaired) electrons. The summed E-state index contributed by atoms with van der Waals surface area (Å²) >= 11 is 7.05. The fourth-order valence-corrected chi connectivity index (χ4v) is 3.79. The summed E-state index contributed by atoms with van der Waals surface area (Å²) in [5.74, 6) is 0.377. The molecule has 1 aromatic carbocycles. The minimum Gasteiger partial charge on any atom is -0.325 e. The fourth-order valence-electron chi connectivity index (χ4n) is 2.78. The van der Waals surface area contributed by atoms with Crippen molar-refractivity contribution in [3.63, 3.8) is 0 Å². The average Bonchev–Trinajstić information content (AvgIpc) is 3.33. The largest absolute Gasteiger partial charge is 0.325 e. The van der Waals surface area contributed by atoms with Crippen molar-refractivity contribution >= 4 is 51.3 Å². The van der Waals surface area contributed by atoms with E-state index in [1.54, 1.807) is 30.7 Å². The van der Waals surface area contributed by atoms with Crippen molar-refractivity contribution in [1.82, 2.24) is 14.5 Å². The standard InChI is InChI=1S/C20H15ClN4O2S/c21-18-8-7-17(28-18)16(26)6-10-20(27)24-13-5-9-19(22-11-13)25-12-23-14-3-1-2-4-15(14)25/h1-5,7-9,11-12H,6,10H2,(H,24,27). The van der Waals surface area contributed by atoms with Crippen molar-refractivity contribution in [1.29, 1.82) is 0 Å². The molecule has 28 heavy (non-hydrogen) atoms. The van der Waals surface area contributed by atoms with Crippen LogP contribution in [0.1, 0.15) is 22.5 Å². The molecule has 0 saturated carbocycles. The Bertz CT molecular complexity index is 1150. The SMILES string of the molecule is O=C(CCC(=O)c1ccc(Cl)s1)Nc1ccc(-n2cnc3ccccc32)nc1. The molecule has 4 aromatic rings. The second kappa shape index (κ2) is 7.92. The zero-order valence-electron chi connectivity index (χ0n) is 14.6. The first kappa shape index (κ1) is 18.3. The number of amides is 1. The number of carbonyl (C=O) groups excluding carboxylic acids is 2. The van der Waals surface area contributed by atoms with E-state index in [-0.39, 0.29) is 24.5 Å². The number of fused-ring (bicyclic) bond motifs is 1. The van der Waals surface area contributed by atoms with Gasteiger partial charge < -0.3 is 5.32 Å². The van der Waals surface area contributed by atoms with E-state index in [2.05, 4.69) is 15.3 Å². The summed E-state index contributed by atoms with van der Waals surface area (Å²) in [6, 6.07) is 14.7. The second-order valence-electron chi connectivity index (χ2n) is 6.08. The Labute approximate surface area is 169 Å². The summed E-state index contributed by atoms with van der Waals surface area (Å²) in [6.07, 6.45) is 3.54. The minimum absolute atomic E-state index is 0.0903. The van der Waals surface area contributed by atoms with Crippen molar-refractivity contribution in [3.05, 3.63) is 70.3 Å². The van der Waals surface area contributed by atoms with E-state index in [0.29, 0.717) is 20.7 Å². The number of imidazole rings is 1. The van der Waals surface area contributed by atoms with Crippen molar-refractivity contribution in [2.45, 2.75) is 12.8 Å². The maximum Gasteiger partial charge on any atom is 0.224 e. The van der Waals surface area contributed by atoms with Gasteiger partial charge in [0.15, 0.2) is 5.78 Å². The van der Waals surface area contributed by atoms with Crippen LogP contribution in [-0.4, -0.2) is 26.2 Å². The van der Waals surface area contributed by atoms with Crippen LogP contribution in [0.4, 0.5) is 5.69 Å². The number of ketones is 1. The molecule has 0 fully saturated rings. The van der Waals surface area contributed by atoms with Gasteiger partial charge in [-0.2, -0.15) is 0 Å². The van der Waals surface area contributed by atoms with Crippen LogP contribution in [0.5, 0.6) is 0 Å². The number of anilines is 1. The number of benzene rings is 1. The van der Waals surface area contributed by atoms with Gasteiger partial charge in [0.25, 0.3) is 0 Å². The van der Waals surface area contributed by atoms with Crippen LogP contribution >= 0.6 is 22.9 Å². The van der Waals surface area contributed by atoms with Crippen LogP contribution in [0.3, 0.4) is 0 Å². The molecule has 8 heteroatoms. The molecular weight excluding hydrogens is 396 g/mol. The lowest BCUT2D eigenvalue weighted by Crippen LogP contribution is -2.13. The maximum atomic E-state index is 12.1. The number of nitrogens with zero attached hydrogens (tertiary/aromatic N) is 3. The highest BCUT2D eigenvalue weighted by Crippen LogP contribution is 2.23. The molecule has 4 rings (SSSR count). The zero-order valence-corrected chi connectivity index (χ0v) is 16.2. The van der Waals surface area contributed by atoms with Gasteiger partial charge in [-0.3, -0.25) is 14.2 Å². The Hall–Kier alpha value is -3.03. The first-order chi connectivity index (χ1) is 13.6. The monoisotopic (exact) mass is 410 g/mol. The summed E-state index contributed by atoms with van der Waals surface area (Å²) in [5, 5.41) is 2.76. The summed E-state index contributed by atoms with van der Waals surface area (Å²) in [6.45, 7) is 0. The van der Waals surface area contributed by atoms with E-state index in [4.69, 9.17) is 11.6 Å².